The molecule has 1 aromatic carbocycles. The normalized spacial score (nSPS) is 17.8. The van der Waals surface area contributed by atoms with Crippen LogP contribution in [0.1, 0.15) is 18.4 Å². The summed E-state index contributed by atoms with van der Waals surface area (Å²) >= 11 is 5.71. The fourth-order valence-corrected chi connectivity index (χ4v) is 2.58. The molecule has 1 aliphatic heterocycles. The molecule has 0 bridgehead atoms. The first-order valence-corrected chi connectivity index (χ1v) is 7.08. The van der Waals surface area contributed by atoms with E-state index in [1.54, 1.807) is 12.1 Å². The van der Waals surface area contributed by atoms with Crippen molar-refractivity contribution in [1.82, 2.24) is 10.2 Å². The first-order chi connectivity index (χ1) is 9.16. The van der Waals surface area contributed by atoms with Crippen molar-refractivity contribution in [1.29, 1.82) is 0 Å². The number of hydrogen-bond acceptors (Lipinski definition) is 3. The van der Waals surface area contributed by atoms with Crippen molar-refractivity contribution in [2.24, 2.45) is 0 Å². The molecule has 0 amide bonds. The lowest BCUT2D eigenvalue weighted by Gasteiger charge is -2.19. The summed E-state index contributed by atoms with van der Waals surface area (Å²) in [6.07, 6.45) is 2.02. The van der Waals surface area contributed by atoms with Gasteiger partial charge in [0.25, 0.3) is 0 Å². The van der Waals surface area contributed by atoms with Crippen LogP contribution >= 0.6 is 11.6 Å². The average molecular weight is 287 g/mol. The molecule has 106 valence electrons. The van der Waals surface area contributed by atoms with Crippen molar-refractivity contribution < 1.29 is 9.50 Å². The SMILES string of the molecule is OC(CNCc1cccc(Cl)c1F)CN1CCCC1. The predicted octanol–water partition coefficient (Wildman–Crippen LogP) is 2.03. The predicted molar refractivity (Wildman–Crippen MR) is 74.8 cm³/mol. The molecular weight excluding hydrogens is 267 g/mol. The number of nitrogens with zero attached hydrogens (tertiary/aromatic N) is 1. The first-order valence-electron chi connectivity index (χ1n) is 6.71. The Balaban J connectivity index is 1.72. The summed E-state index contributed by atoms with van der Waals surface area (Å²) in [6.45, 7) is 3.66. The minimum absolute atomic E-state index is 0.136. The maximum absolute atomic E-state index is 13.6. The highest BCUT2D eigenvalue weighted by Crippen LogP contribution is 2.17. The molecule has 1 heterocycles. The monoisotopic (exact) mass is 286 g/mol. The van der Waals surface area contributed by atoms with E-state index < -0.39 is 6.10 Å². The van der Waals surface area contributed by atoms with E-state index in [4.69, 9.17) is 11.6 Å². The van der Waals surface area contributed by atoms with Gasteiger partial charge < -0.3 is 15.3 Å². The number of nitrogens with one attached hydrogen (secondary N) is 1. The minimum atomic E-state index is -0.416. The molecule has 1 atom stereocenters. The molecule has 3 nitrogen and oxygen atoms in total. The van der Waals surface area contributed by atoms with E-state index >= 15 is 0 Å². The molecule has 5 heteroatoms. The molecule has 1 unspecified atom stereocenters. The van der Waals surface area contributed by atoms with Gasteiger partial charge in [-0.2, -0.15) is 0 Å². The molecule has 0 aromatic heterocycles. The topological polar surface area (TPSA) is 35.5 Å². The average Bonchev–Trinajstić information content (AvgIpc) is 2.87. The lowest BCUT2D eigenvalue weighted by molar-refractivity contribution is 0.123. The summed E-state index contributed by atoms with van der Waals surface area (Å²) in [6, 6.07) is 4.95. The molecule has 1 fully saturated rings. The molecule has 19 heavy (non-hydrogen) atoms. The van der Waals surface area contributed by atoms with Gasteiger partial charge in [0.2, 0.25) is 0 Å². The van der Waals surface area contributed by atoms with E-state index in [0.717, 1.165) is 13.1 Å². The van der Waals surface area contributed by atoms with Gasteiger partial charge in [0, 0.05) is 25.2 Å². The number of aliphatic hydroxyl groups excluding tert-OH is 1. The molecule has 1 saturated heterocycles. The third kappa shape index (κ3) is 4.42. The minimum Gasteiger partial charge on any atom is -0.390 e. The highest BCUT2D eigenvalue weighted by atomic mass is 35.5. The Morgan fingerprint density at radius 1 is 1.37 bits per heavy atom. The summed E-state index contributed by atoms with van der Waals surface area (Å²) in [5.41, 5.74) is 0.529. The van der Waals surface area contributed by atoms with E-state index in [9.17, 15) is 9.50 Å². The molecule has 0 aliphatic carbocycles. The van der Waals surface area contributed by atoms with Gasteiger partial charge in [0.1, 0.15) is 5.82 Å². The van der Waals surface area contributed by atoms with Crippen molar-refractivity contribution in [2.75, 3.05) is 26.2 Å². The molecule has 0 saturated carbocycles. The number of β-amino-alcohol motifs (C(OH)–C–C–N with tert-alkyl or cyclic N) is 1. The van der Waals surface area contributed by atoms with Crippen LogP contribution in [0.15, 0.2) is 18.2 Å². The maximum atomic E-state index is 13.6. The smallest absolute Gasteiger partial charge is 0.146 e. The quantitative estimate of drug-likeness (QED) is 0.840. The Hall–Kier alpha value is -0.680. The van der Waals surface area contributed by atoms with Crippen molar-refractivity contribution in [3.8, 4) is 0 Å². The summed E-state index contributed by atoms with van der Waals surface area (Å²) in [5.74, 6) is -0.384. The van der Waals surface area contributed by atoms with Crippen LogP contribution in [0.25, 0.3) is 0 Å². The van der Waals surface area contributed by atoms with Crippen molar-refractivity contribution >= 4 is 11.6 Å². The Morgan fingerprint density at radius 2 is 2.11 bits per heavy atom. The maximum Gasteiger partial charge on any atom is 0.146 e. The number of rotatable bonds is 6. The summed E-state index contributed by atoms with van der Waals surface area (Å²) in [4.78, 5) is 2.26. The van der Waals surface area contributed by atoms with Gasteiger partial charge >= 0.3 is 0 Å². The van der Waals surface area contributed by atoms with Crippen LogP contribution in [0.3, 0.4) is 0 Å². The van der Waals surface area contributed by atoms with E-state index in [2.05, 4.69) is 10.2 Å². The molecule has 2 rings (SSSR count). The van der Waals surface area contributed by atoms with E-state index in [0.29, 0.717) is 25.2 Å². The van der Waals surface area contributed by atoms with Crippen molar-refractivity contribution in [3.05, 3.63) is 34.6 Å². The number of benzene rings is 1. The molecule has 0 spiro atoms. The van der Waals surface area contributed by atoms with Crippen LogP contribution in [0, 0.1) is 5.82 Å². The third-order valence-electron chi connectivity index (χ3n) is 3.39. The molecule has 2 N–H and O–H groups in total. The highest BCUT2D eigenvalue weighted by molar-refractivity contribution is 6.30. The van der Waals surface area contributed by atoms with E-state index in [-0.39, 0.29) is 10.8 Å². The number of halogens is 2. The van der Waals surface area contributed by atoms with Crippen molar-refractivity contribution in [2.45, 2.75) is 25.5 Å². The largest absolute Gasteiger partial charge is 0.390 e. The van der Waals surface area contributed by atoms with Gasteiger partial charge in [-0.15, -0.1) is 0 Å². The molecular formula is C14H20ClFN2O. The second-order valence-electron chi connectivity index (χ2n) is 5.01. The standard InChI is InChI=1S/C14H20ClFN2O/c15-13-5-3-4-11(14(13)16)8-17-9-12(19)10-18-6-1-2-7-18/h3-5,12,17,19H,1-2,6-10H2. The van der Waals surface area contributed by atoms with Gasteiger partial charge in [0.15, 0.2) is 0 Å². The summed E-state index contributed by atoms with van der Waals surface area (Å²) in [7, 11) is 0. The Bertz CT molecular complexity index is 410. The van der Waals surface area contributed by atoms with Crippen LogP contribution < -0.4 is 5.32 Å². The fraction of sp³-hybridized carbons (Fsp3) is 0.571. The van der Waals surface area contributed by atoms with Crippen molar-refractivity contribution in [3.63, 3.8) is 0 Å². The van der Waals surface area contributed by atoms with Gasteiger partial charge in [-0.1, -0.05) is 23.7 Å². The third-order valence-corrected chi connectivity index (χ3v) is 3.69. The molecule has 0 radical (unpaired) electrons. The Morgan fingerprint density at radius 3 is 2.84 bits per heavy atom. The van der Waals surface area contributed by atoms with Crippen LogP contribution in [-0.2, 0) is 6.54 Å². The van der Waals surface area contributed by atoms with Gasteiger partial charge in [-0.05, 0) is 32.0 Å². The van der Waals surface area contributed by atoms with Crippen LogP contribution in [0.5, 0.6) is 0 Å². The summed E-state index contributed by atoms with van der Waals surface area (Å²) in [5, 5.41) is 13.1. The lowest BCUT2D eigenvalue weighted by Crippen LogP contribution is -2.36. The highest BCUT2D eigenvalue weighted by Gasteiger charge is 2.15. The lowest BCUT2D eigenvalue weighted by atomic mass is 10.2. The zero-order chi connectivity index (χ0) is 13.7. The number of hydrogen-bond donors (Lipinski definition) is 2. The van der Waals surface area contributed by atoms with Crippen LogP contribution in [0.2, 0.25) is 5.02 Å². The van der Waals surface area contributed by atoms with E-state index in [1.807, 2.05) is 0 Å². The van der Waals surface area contributed by atoms with Gasteiger partial charge in [-0.25, -0.2) is 4.39 Å². The summed E-state index contributed by atoms with van der Waals surface area (Å²) < 4.78 is 13.6. The van der Waals surface area contributed by atoms with E-state index in [1.165, 1.54) is 18.9 Å². The first kappa shape index (κ1) is 14.7. The molecule has 1 aromatic rings. The fourth-order valence-electron chi connectivity index (χ4n) is 2.39. The number of aliphatic hydroxyl groups is 1. The Kier molecular flexibility index (Phi) is 5.58. The van der Waals surface area contributed by atoms with Crippen LogP contribution in [0.4, 0.5) is 4.39 Å². The Labute approximate surface area is 118 Å². The van der Waals surface area contributed by atoms with Gasteiger partial charge in [-0.3, -0.25) is 0 Å². The second kappa shape index (κ2) is 7.20. The van der Waals surface area contributed by atoms with Crippen LogP contribution in [-0.4, -0.2) is 42.3 Å². The zero-order valence-electron chi connectivity index (χ0n) is 10.9. The second-order valence-corrected chi connectivity index (χ2v) is 5.41. The molecule has 1 aliphatic rings. The van der Waals surface area contributed by atoms with Gasteiger partial charge in [0.05, 0.1) is 11.1 Å². The number of likely N-dealkylation sites (tertiary alicyclic amines) is 1. The zero-order valence-corrected chi connectivity index (χ0v) is 11.7.